The van der Waals surface area contributed by atoms with Crippen LogP contribution in [-0.4, -0.2) is 67.0 Å². The fraction of sp³-hybridized carbons (Fsp3) is 0.923. The van der Waals surface area contributed by atoms with Gasteiger partial charge in [0.2, 0.25) is 0 Å². The molecule has 2 amide bonds. The maximum atomic E-state index is 12.1. The first-order valence-electron chi connectivity index (χ1n) is 6.83. The van der Waals surface area contributed by atoms with Crippen molar-refractivity contribution in [2.45, 2.75) is 32.2 Å². The van der Waals surface area contributed by atoms with Crippen LogP contribution in [0, 0.1) is 5.92 Å². The second kappa shape index (κ2) is 5.25. The molecule has 0 aromatic carbocycles. The summed E-state index contributed by atoms with van der Waals surface area (Å²) in [5.41, 5.74) is 0. The van der Waals surface area contributed by atoms with E-state index in [1.54, 1.807) is 0 Å². The van der Waals surface area contributed by atoms with E-state index < -0.39 is 0 Å². The van der Waals surface area contributed by atoms with Gasteiger partial charge in [0.25, 0.3) is 0 Å². The monoisotopic (exact) mass is 239 g/mol. The number of hydrogen-bond acceptors (Lipinski definition) is 2. The second-order valence-corrected chi connectivity index (χ2v) is 5.48. The van der Waals surface area contributed by atoms with Crippen molar-refractivity contribution in [1.82, 2.24) is 14.7 Å². The van der Waals surface area contributed by atoms with Crippen LogP contribution >= 0.6 is 0 Å². The van der Waals surface area contributed by atoms with Crippen molar-refractivity contribution in [2.75, 3.05) is 40.3 Å². The lowest BCUT2D eigenvalue weighted by Gasteiger charge is -2.46. The van der Waals surface area contributed by atoms with E-state index in [1.807, 2.05) is 23.8 Å². The molecule has 2 aliphatic rings. The average molecular weight is 239 g/mol. The normalized spacial score (nSPS) is 29.9. The molecular formula is C13H25N3O. The Morgan fingerprint density at radius 1 is 1.35 bits per heavy atom. The van der Waals surface area contributed by atoms with E-state index in [4.69, 9.17) is 0 Å². The molecule has 2 aliphatic heterocycles. The summed E-state index contributed by atoms with van der Waals surface area (Å²) in [6.45, 7) is 5.93. The molecule has 2 fully saturated rings. The van der Waals surface area contributed by atoms with Crippen LogP contribution in [0.2, 0.25) is 0 Å². The summed E-state index contributed by atoms with van der Waals surface area (Å²) >= 11 is 0. The summed E-state index contributed by atoms with van der Waals surface area (Å²) in [6.07, 6.45) is 3.71. The van der Waals surface area contributed by atoms with Gasteiger partial charge in [0.15, 0.2) is 0 Å². The molecule has 0 spiro atoms. The van der Waals surface area contributed by atoms with Crippen LogP contribution < -0.4 is 0 Å². The van der Waals surface area contributed by atoms with E-state index in [9.17, 15) is 4.79 Å². The van der Waals surface area contributed by atoms with Gasteiger partial charge in [0.05, 0.1) is 0 Å². The minimum atomic E-state index is 0.208. The summed E-state index contributed by atoms with van der Waals surface area (Å²) in [4.78, 5) is 18.5. The van der Waals surface area contributed by atoms with Gasteiger partial charge in [-0.2, -0.15) is 0 Å². The predicted octanol–water partition coefficient (Wildman–Crippen LogP) is 1.47. The van der Waals surface area contributed by atoms with Gasteiger partial charge in [-0.15, -0.1) is 0 Å². The zero-order chi connectivity index (χ0) is 12.4. The lowest BCUT2D eigenvalue weighted by molar-refractivity contribution is 0.0454. The molecule has 0 radical (unpaired) electrons. The van der Waals surface area contributed by atoms with E-state index >= 15 is 0 Å². The molecule has 2 atom stereocenters. The molecule has 0 aromatic heterocycles. The minimum absolute atomic E-state index is 0.208. The smallest absolute Gasteiger partial charge is 0.319 e. The van der Waals surface area contributed by atoms with Crippen molar-refractivity contribution in [1.29, 1.82) is 0 Å². The molecular weight excluding hydrogens is 214 g/mol. The summed E-state index contributed by atoms with van der Waals surface area (Å²) in [7, 11) is 4.12. The number of amides is 2. The van der Waals surface area contributed by atoms with Crippen molar-refractivity contribution < 1.29 is 4.79 Å². The molecule has 0 aliphatic carbocycles. The van der Waals surface area contributed by atoms with Gasteiger partial charge in [-0.25, -0.2) is 4.79 Å². The highest BCUT2D eigenvalue weighted by Crippen LogP contribution is 2.29. The van der Waals surface area contributed by atoms with Crippen molar-refractivity contribution in [3.05, 3.63) is 0 Å². The Balaban J connectivity index is 1.95. The summed E-state index contributed by atoms with van der Waals surface area (Å²) in [5, 5.41) is 0. The third-order valence-corrected chi connectivity index (χ3v) is 4.42. The highest BCUT2D eigenvalue weighted by Gasteiger charge is 2.36. The van der Waals surface area contributed by atoms with Crippen LogP contribution in [0.25, 0.3) is 0 Å². The van der Waals surface area contributed by atoms with Crippen LogP contribution in [0.15, 0.2) is 0 Å². The molecule has 0 bridgehead atoms. The molecule has 4 nitrogen and oxygen atoms in total. The Morgan fingerprint density at radius 3 is 2.82 bits per heavy atom. The Kier molecular flexibility index (Phi) is 3.92. The number of nitrogens with zero attached hydrogens (tertiary/aromatic N) is 3. The van der Waals surface area contributed by atoms with E-state index in [2.05, 4.69) is 11.9 Å². The van der Waals surface area contributed by atoms with Crippen molar-refractivity contribution in [3.8, 4) is 0 Å². The molecule has 4 heteroatoms. The second-order valence-electron chi connectivity index (χ2n) is 5.48. The maximum Gasteiger partial charge on any atom is 0.319 e. The SMILES string of the molecule is CCN(C)C(=O)N1CCC2C(CCCN2C)C1. The van der Waals surface area contributed by atoms with Gasteiger partial charge in [-0.1, -0.05) is 0 Å². The highest BCUT2D eigenvalue weighted by molar-refractivity contribution is 5.74. The molecule has 2 rings (SSSR count). The van der Waals surface area contributed by atoms with Gasteiger partial charge >= 0.3 is 6.03 Å². The van der Waals surface area contributed by atoms with Crippen LogP contribution in [0.3, 0.4) is 0 Å². The maximum absolute atomic E-state index is 12.1. The van der Waals surface area contributed by atoms with E-state index in [0.717, 1.165) is 26.1 Å². The van der Waals surface area contributed by atoms with Crippen LogP contribution in [0.1, 0.15) is 26.2 Å². The zero-order valence-electron chi connectivity index (χ0n) is 11.4. The van der Waals surface area contributed by atoms with Gasteiger partial charge in [-0.3, -0.25) is 0 Å². The van der Waals surface area contributed by atoms with Crippen LogP contribution in [0.5, 0.6) is 0 Å². The zero-order valence-corrected chi connectivity index (χ0v) is 11.4. The molecule has 0 N–H and O–H groups in total. The number of hydrogen-bond donors (Lipinski definition) is 0. The number of carbonyl (C=O) groups excluding carboxylic acids is 1. The van der Waals surface area contributed by atoms with Crippen LogP contribution in [0.4, 0.5) is 4.79 Å². The number of likely N-dealkylation sites (tertiary alicyclic amines) is 2. The highest BCUT2D eigenvalue weighted by atomic mass is 16.2. The standard InChI is InChI=1S/C13H25N3O/c1-4-14(2)13(17)16-9-7-12-11(10-16)6-5-8-15(12)3/h11-12H,4-10H2,1-3H3. The van der Waals surface area contributed by atoms with Crippen molar-refractivity contribution in [3.63, 3.8) is 0 Å². The first-order valence-corrected chi connectivity index (χ1v) is 6.83. The molecule has 0 aromatic rings. The fourth-order valence-corrected chi connectivity index (χ4v) is 3.20. The third kappa shape index (κ3) is 2.57. The third-order valence-electron chi connectivity index (χ3n) is 4.42. The quantitative estimate of drug-likeness (QED) is 0.693. The molecule has 0 saturated carbocycles. The van der Waals surface area contributed by atoms with E-state index in [1.165, 1.54) is 19.4 Å². The van der Waals surface area contributed by atoms with Crippen molar-refractivity contribution in [2.24, 2.45) is 5.92 Å². The van der Waals surface area contributed by atoms with Crippen molar-refractivity contribution >= 4 is 6.03 Å². The van der Waals surface area contributed by atoms with E-state index in [-0.39, 0.29) is 6.03 Å². The van der Waals surface area contributed by atoms with Gasteiger partial charge in [0, 0.05) is 32.7 Å². The number of piperidine rings is 2. The molecule has 17 heavy (non-hydrogen) atoms. The summed E-state index contributed by atoms with van der Waals surface area (Å²) in [6, 6.07) is 0.916. The topological polar surface area (TPSA) is 26.8 Å². The van der Waals surface area contributed by atoms with Gasteiger partial charge < -0.3 is 14.7 Å². The molecule has 2 unspecified atom stereocenters. The molecule has 2 saturated heterocycles. The Hall–Kier alpha value is -0.770. The first-order chi connectivity index (χ1) is 8.13. The Bertz CT molecular complexity index is 282. The Morgan fingerprint density at radius 2 is 2.12 bits per heavy atom. The molecule has 2 heterocycles. The summed E-state index contributed by atoms with van der Waals surface area (Å²) in [5.74, 6) is 0.691. The number of fused-ring (bicyclic) bond motifs is 1. The molecule has 98 valence electrons. The average Bonchev–Trinajstić information content (AvgIpc) is 2.37. The van der Waals surface area contributed by atoms with E-state index in [0.29, 0.717) is 12.0 Å². The number of urea groups is 1. The Labute approximate surface area is 105 Å². The largest absolute Gasteiger partial charge is 0.328 e. The number of carbonyl (C=O) groups is 1. The lowest BCUT2D eigenvalue weighted by atomic mass is 9.84. The van der Waals surface area contributed by atoms with Gasteiger partial charge in [-0.05, 0) is 45.7 Å². The fourth-order valence-electron chi connectivity index (χ4n) is 3.20. The first kappa shape index (κ1) is 12.7. The minimum Gasteiger partial charge on any atom is -0.328 e. The summed E-state index contributed by atoms with van der Waals surface area (Å²) < 4.78 is 0. The predicted molar refractivity (Wildman–Crippen MR) is 69.0 cm³/mol. The van der Waals surface area contributed by atoms with Gasteiger partial charge in [0.1, 0.15) is 0 Å². The number of rotatable bonds is 1. The lowest BCUT2D eigenvalue weighted by Crippen LogP contribution is -2.55. The van der Waals surface area contributed by atoms with Crippen LogP contribution in [-0.2, 0) is 0 Å².